The van der Waals surface area contributed by atoms with E-state index < -0.39 is 0 Å². The van der Waals surface area contributed by atoms with E-state index in [0.717, 1.165) is 37.9 Å². The molecule has 0 saturated carbocycles. The number of Topliss-reactive ketones (excluding diaryl/α,β-unsaturated/α-hetero) is 1. The van der Waals surface area contributed by atoms with Gasteiger partial charge in [-0.15, -0.1) is 0 Å². The van der Waals surface area contributed by atoms with Gasteiger partial charge in [0.05, 0.1) is 11.9 Å². The van der Waals surface area contributed by atoms with Crippen LogP contribution in [0, 0.1) is 5.92 Å². The van der Waals surface area contributed by atoms with Crippen LogP contribution in [0.25, 0.3) is 0 Å². The molecule has 17 heavy (non-hydrogen) atoms. The lowest BCUT2D eigenvalue weighted by Gasteiger charge is -2.17. The summed E-state index contributed by atoms with van der Waals surface area (Å²) in [5, 5.41) is 0. The molecule has 0 aromatic rings. The minimum atomic E-state index is 0.206. The third-order valence-corrected chi connectivity index (χ3v) is 2.99. The van der Waals surface area contributed by atoms with E-state index >= 15 is 0 Å². The summed E-state index contributed by atoms with van der Waals surface area (Å²) in [6, 6.07) is 0. The molecule has 1 atom stereocenters. The molecule has 96 valence electrons. The van der Waals surface area contributed by atoms with E-state index in [-0.39, 0.29) is 6.10 Å². The maximum absolute atomic E-state index is 11.4. The van der Waals surface area contributed by atoms with E-state index in [2.05, 4.69) is 18.7 Å². The quantitative estimate of drug-likeness (QED) is 0.532. The summed E-state index contributed by atoms with van der Waals surface area (Å²) < 4.78 is 5.53. The highest BCUT2D eigenvalue weighted by atomic mass is 16.5. The molecule has 0 aromatic carbocycles. The minimum Gasteiger partial charge on any atom is -0.496 e. The van der Waals surface area contributed by atoms with Gasteiger partial charge >= 0.3 is 0 Å². The highest BCUT2D eigenvalue weighted by Gasteiger charge is 2.12. The number of allylic oxidation sites excluding steroid dienone is 3. The molecular formula is C15H24O2. The Labute approximate surface area is 105 Å². The van der Waals surface area contributed by atoms with Crippen LogP contribution in [0.3, 0.4) is 0 Å². The average molecular weight is 236 g/mol. The first-order valence-electron chi connectivity index (χ1n) is 6.60. The SMILES string of the molecule is C=C(CCC1C=CCCC(=O)CC1)OC(C)C. The van der Waals surface area contributed by atoms with Gasteiger partial charge in [0, 0.05) is 19.3 Å². The summed E-state index contributed by atoms with van der Waals surface area (Å²) in [5.41, 5.74) is 0. The van der Waals surface area contributed by atoms with Crippen LogP contribution < -0.4 is 0 Å². The van der Waals surface area contributed by atoms with E-state index in [1.807, 2.05) is 13.8 Å². The molecule has 0 radical (unpaired) electrons. The van der Waals surface area contributed by atoms with Crippen LogP contribution in [0.5, 0.6) is 0 Å². The summed E-state index contributed by atoms with van der Waals surface area (Å²) in [6.07, 6.45) is 9.86. The Kier molecular flexibility index (Phi) is 6.03. The number of carbonyl (C=O) groups excluding carboxylic acids is 1. The first-order chi connectivity index (χ1) is 8.08. The van der Waals surface area contributed by atoms with Crippen molar-refractivity contribution in [2.24, 2.45) is 5.92 Å². The van der Waals surface area contributed by atoms with Crippen LogP contribution in [-0.4, -0.2) is 11.9 Å². The molecule has 0 fully saturated rings. The van der Waals surface area contributed by atoms with E-state index in [4.69, 9.17) is 4.74 Å². The third kappa shape index (κ3) is 6.30. The highest BCUT2D eigenvalue weighted by Crippen LogP contribution is 2.22. The first kappa shape index (κ1) is 14.0. The molecule has 2 nitrogen and oxygen atoms in total. The van der Waals surface area contributed by atoms with Crippen LogP contribution in [0.15, 0.2) is 24.5 Å². The Bertz CT molecular complexity index is 289. The molecule has 0 N–H and O–H groups in total. The molecular weight excluding hydrogens is 212 g/mol. The van der Waals surface area contributed by atoms with Gasteiger partial charge in [0.15, 0.2) is 0 Å². The summed E-state index contributed by atoms with van der Waals surface area (Å²) in [7, 11) is 0. The number of carbonyl (C=O) groups is 1. The molecule has 0 aromatic heterocycles. The van der Waals surface area contributed by atoms with Crippen LogP contribution in [0.2, 0.25) is 0 Å². The molecule has 1 aliphatic carbocycles. The molecule has 0 saturated heterocycles. The molecule has 1 aliphatic rings. The van der Waals surface area contributed by atoms with Crippen molar-refractivity contribution in [3.63, 3.8) is 0 Å². The van der Waals surface area contributed by atoms with Crippen LogP contribution in [0.4, 0.5) is 0 Å². The number of ether oxygens (including phenoxy) is 1. The van der Waals surface area contributed by atoms with Gasteiger partial charge in [-0.25, -0.2) is 0 Å². The van der Waals surface area contributed by atoms with Crippen molar-refractivity contribution < 1.29 is 9.53 Å². The van der Waals surface area contributed by atoms with Gasteiger partial charge in [0.25, 0.3) is 0 Å². The maximum atomic E-state index is 11.4. The predicted octanol–water partition coefficient (Wildman–Crippen LogP) is 4.02. The van der Waals surface area contributed by atoms with E-state index in [1.54, 1.807) is 0 Å². The second-order valence-electron chi connectivity index (χ2n) is 5.05. The van der Waals surface area contributed by atoms with Crippen molar-refractivity contribution in [2.45, 2.75) is 58.5 Å². The highest BCUT2D eigenvalue weighted by molar-refractivity contribution is 5.78. The number of ketones is 1. The molecule has 0 spiro atoms. The van der Waals surface area contributed by atoms with Gasteiger partial charge in [-0.3, -0.25) is 4.79 Å². The van der Waals surface area contributed by atoms with Gasteiger partial charge in [-0.05, 0) is 39.0 Å². The zero-order valence-electron chi connectivity index (χ0n) is 11.1. The lowest BCUT2D eigenvalue weighted by atomic mass is 9.92. The van der Waals surface area contributed by atoms with Gasteiger partial charge in [-0.1, -0.05) is 18.7 Å². The summed E-state index contributed by atoms with van der Waals surface area (Å²) in [6.45, 7) is 7.95. The van der Waals surface area contributed by atoms with Crippen molar-refractivity contribution in [2.75, 3.05) is 0 Å². The van der Waals surface area contributed by atoms with Crippen molar-refractivity contribution in [3.05, 3.63) is 24.5 Å². The molecule has 1 unspecified atom stereocenters. The van der Waals surface area contributed by atoms with Crippen molar-refractivity contribution in [1.82, 2.24) is 0 Å². The fourth-order valence-corrected chi connectivity index (χ4v) is 2.08. The van der Waals surface area contributed by atoms with Gasteiger partial charge < -0.3 is 4.74 Å². The summed E-state index contributed by atoms with van der Waals surface area (Å²) >= 11 is 0. The normalized spacial score (nSPS) is 21.1. The molecule has 0 aliphatic heterocycles. The fraction of sp³-hybridized carbons (Fsp3) is 0.667. The average Bonchev–Trinajstić information content (AvgIpc) is 2.22. The van der Waals surface area contributed by atoms with Gasteiger partial charge in [-0.2, -0.15) is 0 Å². The summed E-state index contributed by atoms with van der Waals surface area (Å²) in [5.74, 6) is 1.77. The van der Waals surface area contributed by atoms with E-state index in [9.17, 15) is 4.79 Å². The van der Waals surface area contributed by atoms with Crippen molar-refractivity contribution >= 4 is 5.78 Å². The zero-order chi connectivity index (χ0) is 12.7. The van der Waals surface area contributed by atoms with Crippen LogP contribution >= 0.6 is 0 Å². The van der Waals surface area contributed by atoms with Crippen molar-refractivity contribution in [1.29, 1.82) is 0 Å². The maximum Gasteiger partial charge on any atom is 0.133 e. The number of hydrogen-bond acceptors (Lipinski definition) is 2. The molecule has 2 heteroatoms. The molecule has 0 bridgehead atoms. The standard InChI is InChI=1S/C15H24O2/c1-12(2)17-13(3)8-9-14-6-4-5-7-15(16)11-10-14/h4,6,12,14H,3,5,7-11H2,1-2H3. The monoisotopic (exact) mass is 236 g/mol. The second kappa shape index (κ2) is 7.31. The minimum absolute atomic E-state index is 0.206. The Morgan fingerprint density at radius 3 is 3.00 bits per heavy atom. The molecule has 1 rings (SSSR count). The third-order valence-electron chi connectivity index (χ3n) is 2.99. The van der Waals surface area contributed by atoms with E-state index in [1.165, 1.54) is 0 Å². The number of hydrogen-bond donors (Lipinski definition) is 0. The number of rotatable bonds is 5. The second-order valence-corrected chi connectivity index (χ2v) is 5.05. The zero-order valence-corrected chi connectivity index (χ0v) is 11.1. The fourth-order valence-electron chi connectivity index (χ4n) is 2.08. The lowest BCUT2D eigenvalue weighted by Crippen LogP contribution is -2.07. The first-order valence-corrected chi connectivity index (χ1v) is 6.60. The van der Waals surface area contributed by atoms with Gasteiger partial charge in [0.2, 0.25) is 0 Å². The topological polar surface area (TPSA) is 26.3 Å². The predicted molar refractivity (Wildman–Crippen MR) is 70.7 cm³/mol. The smallest absolute Gasteiger partial charge is 0.133 e. The Morgan fingerprint density at radius 1 is 1.53 bits per heavy atom. The summed E-state index contributed by atoms with van der Waals surface area (Å²) in [4.78, 5) is 11.4. The molecule has 0 heterocycles. The Hall–Kier alpha value is -1.05. The van der Waals surface area contributed by atoms with Gasteiger partial charge in [0.1, 0.15) is 5.78 Å². The van der Waals surface area contributed by atoms with Crippen molar-refractivity contribution in [3.8, 4) is 0 Å². The van der Waals surface area contributed by atoms with E-state index in [0.29, 0.717) is 18.1 Å². The Balaban J connectivity index is 2.32. The van der Waals surface area contributed by atoms with Crippen LogP contribution in [0.1, 0.15) is 52.4 Å². The largest absolute Gasteiger partial charge is 0.496 e. The lowest BCUT2D eigenvalue weighted by molar-refractivity contribution is -0.119. The Morgan fingerprint density at radius 2 is 2.29 bits per heavy atom. The van der Waals surface area contributed by atoms with Crippen LogP contribution in [-0.2, 0) is 9.53 Å². The molecule has 0 amide bonds.